The van der Waals surface area contributed by atoms with Crippen molar-refractivity contribution in [1.82, 2.24) is 0 Å². The first-order valence-electron chi connectivity index (χ1n) is 9.02. The van der Waals surface area contributed by atoms with Gasteiger partial charge in [0.1, 0.15) is 5.75 Å². The zero-order valence-electron chi connectivity index (χ0n) is 14.6. The van der Waals surface area contributed by atoms with E-state index in [4.69, 9.17) is 0 Å². The topological polar surface area (TPSA) is 80.9 Å². The average molecular weight is 342 g/mol. The van der Waals surface area contributed by atoms with Gasteiger partial charge in [-0.2, -0.15) is 0 Å². The summed E-state index contributed by atoms with van der Waals surface area (Å²) in [6.45, 7) is 2.20. The maximum absolute atomic E-state index is 10.5. The highest BCUT2D eigenvalue weighted by molar-refractivity contribution is 5.58. The van der Waals surface area contributed by atoms with Gasteiger partial charge in [-0.1, -0.05) is 38.0 Å². The van der Waals surface area contributed by atoms with Crippen LogP contribution in [0, 0.1) is 5.92 Å². The van der Waals surface area contributed by atoms with Crippen LogP contribution in [0.2, 0.25) is 0 Å². The predicted octanol–water partition coefficient (Wildman–Crippen LogP) is 4.79. The van der Waals surface area contributed by atoms with Crippen LogP contribution in [0.5, 0.6) is 23.0 Å². The van der Waals surface area contributed by atoms with E-state index >= 15 is 0 Å². The minimum absolute atomic E-state index is 0.205. The molecule has 1 fully saturated rings. The molecule has 4 N–H and O–H groups in total. The van der Waals surface area contributed by atoms with Crippen molar-refractivity contribution in [2.45, 2.75) is 50.9 Å². The molecule has 1 aliphatic rings. The van der Waals surface area contributed by atoms with E-state index in [1.807, 2.05) is 12.1 Å². The molecule has 3 rings (SSSR count). The highest BCUT2D eigenvalue weighted by Gasteiger charge is 2.40. The molecule has 0 radical (unpaired) electrons. The minimum Gasteiger partial charge on any atom is -0.508 e. The molecule has 0 aromatic heterocycles. The van der Waals surface area contributed by atoms with Crippen molar-refractivity contribution >= 4 is 0 Å². The average Bonchev–Trinajstić information content (AvgIpc) is 2.62. The number of hydrogen-bond donors (Lipinski definition) is 4. The summed E-state index contributed by atoms with van der Waals surface area (Å²) in [5.41, 5.74) is 1.23. The van der Waals surface area contributed by atoms with Gasteiger partial charge in [-0.05, 0) is 55.4 Å². The predicted molar refractivity (Wildman–Crippen MR) is 97.2 cm³/mol. The molecule has 0 unspecified atom stereocenters. The van der Waals surface area contributed by atoms with Crippen LogP contribution in [0.25, 0.3) is 0 Å². The first-order chi connectivity index (χ1) is 12.0. The number of aromatic hydroxyl groups is 4. The Morgan fingerprint density at radius 3 is 2.12 bits per heavy atom. The molecule has 0 aliphatic heterocycles. The van der Waals surface area contributed by atoms with Gasteiger partial charge in [-0.3, -0.25) is 0 Å². The zero-order chi connectivity index (χ0) is 18.0. The molecule has 0 bridgehead atoms. The molecule has 1 aliphatic carbocycles. The minimum atomic E-state index is -0.466. The molecular weight excluding hydrogens is 316 g/mol. The van der Waals surface area contributed by atoms with Gasteiger partial charge in [-0.15, -0.1) is 0 Å². The molecule has 0 atom stereocenters. The summed E-state index contributed by atoms with van der Waals surface area (Å²) in [5, 5.41) is 39.9. The van der Waals surface area contributed by atoms with Crippen molar-refractivity contribution in [3.63, 3.8) is 0 Å². The number of rotatable bonds is 4. The lowest BCUT2D eigenvalue weighted by Gasteiger charge is -2.41. The van der Waals surface area contributed by atoms with E-state index in [-0.39, 0.29) is 17.2 Å². The summed E-state index contributed by atoms with van der Waals surface area (Å²) in [4.78, 5) is 0. The summed E-state index contributed by atoms with van der Waals surface area (Å²) < 4.78 is 0. The van der Waals surface area contributed by atoms with Crippen molar-refractivity contribution < 1.29 is 20.4 Å². The lowest BCUT2D eigenvalue weighted by atomic mass is 9.62. The lowest BCUT2D eigenvalue weighted by molar-refractivity contribution is 0.247. The Labute approximate surface area is 148 Å². The van der Waals surface area contributed by atoms with E-state index < -0.39 is 11.2 Å². The Morgan fingerprint density at radius 2 is 1.52 bits per heavy atom. The number of phenolic OH excluding ortho intramolecular Hbond substituents is 4. The highest BCUT2D eigenvalue weighted by atomic mass is 16.3. The van der Waals surface area contributed by atoms with Crippen LogP contribution in [0.3, 0.4) is 0 Å². The normalized spacial score (nSPS) is 23.5. The third-order valence-electron chi connectivity index (χ3n) is 5.72. The summed E-state index contributed by atoms with van der Waals surface area (Å²) in [6, 6.07) is 10.2. The summed E-state index contributed by atoms with van der Waals surface area (Å²) in [7, 11) is 0. The van der Waals surface area contributed by atoms with Crippen LogP contribution in [-0.2, 0) is 5.41 Å². The van der Waals surface area contributed by atoms with Crippen molar-refractivity contribution in [2.24, 2.45) is 5.92 Å². The molecule has 0 spiro atoms. The fraction of sp³-hybridized carbons (Fsp3) is 0.429. The Bertz CT molecular complexity index is 728. The molecule has 1 saturated carbocycles. The Hall–Kier alpha value is -2.36. The van der Waals surface area contributed by atoms with Gasteiger partial charge in [-0.25, -0.2) is 0 Å². The molecule has 134 valence electrons. The molecular formula is C21H26O4. The third-order valence-corrected chi connectivity index (χ3v) is 5.72. The van der Waals surface area contributed by atoms with E-state index in [0.717, 1.165) is 31.2 Å². The quantitative estimate of drug-likeness (QED) is 0.603. The number of benzene rings is 2. The Morgan fingerprint density at radius 1 is 0.880 bits per heavy atom. The zero-order valence-corrected chi connectivity index (χ0v) is 14.6. The lowest BCUT2D eigenvalue weighted by Crippen LogP contribution is -2.33. The maximum Gasteiger partial charge on any atom is 0.200 e. The van der Waals surface area contributed by atoms with Crippen LogP contribution in [0.1, 0.15) is 56.6 Å². The molecule has 0 heterocycles. The van der Waals surface area contributed by atoms with Gasteiger partial charge >= 0.3 is 0 Å². The molecule has 4 nitrogen and oxygen atoms in total. The number of phenols is 4. The van der Waals surface area contributed by atoms with E-state index in [1.54, 1.807) is 18.2 Å². The van der Waals surface area contributed by atoms with Gasteiger partial charge in [0.25, 0.3) is 0 Å². The molecule has 0 saturated heterocycles. The monoisotopic (exact) mass is 342 g/mol. The van der Waals surface area contributed by atoms with Gasteiger partial charge < -0.3 is 20.4 Å². The smallest absolute Gasteiger partial charge is 0.200 e. The summed E-state index contributed by atoms with van der Waals surface area (Å²) >= 11 is 0. The molecule has 2 aromatic carbocycles. The van der Waals surface area contributed by atoms with Crippen LogP contribution in [-0.4, -0.2) is 20.4 Å². The van der Waals surface area contributed by atoms with Crippen molar-refractivity contribution in [3.05, 3.63) is 47.5 Å². The fourth-order valence-corrected chi connectivity index (χ4v) is 4.32. The fourth-order valence-electron chi connectivity index (χ4n) is 4.32. The molecule has 25 heavy (non-hydrogen) atoms. The standard InChI is InChI=1S/C21H26O4/c1-2-3-14-10-12-21(13-11-14,15-4-6-16(22)7-5-15)17-8-9-18(23)20(25)19(17)24/h4-9,14,22-25H,2-3,10-13H2,1H3. The second-order valence-corrected chi connectivity index (χ2v) is 7.19. The summed E-state index contributed by atoms with van der Waals surface area (Å²) in [6.07, 6.45) is 6.20. The highest BCUT2D eigenvalue weighted by Crippen LogP contribution is 2.52. The maximum atomic E-state index is 10.5. The number of hydrogen-bond acceptors (Lipinski definition) is 4. The summed E-state index contributed by atoms with van der Waals surface area (Å²) in [5.74, 6) is -0.144. The Kier molecular flexibility index (Phi) is 4.80. The van der Waals surface area contributed by atoms with Gasteiger partial charge in [0.2, 0.25) is 5.75 Å². The van der Waals surface area contributed by atoms with Crippen LogP contribution >= 0.6 is 0 Å². The van der Waals surface area contributed by atoms with Gasteiger partial charge in [0.05, 0.1) is 0 Å². The van der Waals surface area contributed by atoms with Crippen LogP contribution < -0.4 is 0 Å². The van der Waals surface area contributed by atoms with Crippen LogP contribution in [0.4, 0.5) is 0 Å². The van der Waals surface area contributed by atoms with Crippen molar-refractivity contribution in [1.29, 1.82) is 0 Å². The molecule has 2 aromatic rings. The van der Waals surface area contributed by atoms with Crippen molar-refractivity contribution in [2.75, 3.05) is 0 Å². The van der Waals surface area contributed by atoms with Gasteiger partial charge in [0, 0.05) is 11.0 Å². The second kappa shape index (κ2) is 6.87. The molecule has 0 amide bonds. The molecule has 4 heteroatoms. The van der Waals surface area contributed by atoms with Crippen LogP contribution in [0.15, 0.2) is 36.4 Å². The first kappa shape index (κ1) is 17.5. The Balaban J connectivity index is 2.08. The van der Waals surface area contributed by atoms with E-state index in [0.29, 0.717) is 11.5 Å². The van der Waals surface area contributed by atoms with E-state index in [2.05, 4.69) is 6.92 Å². The van der Waals surface area contributed by atoms with E-state index in [9.17, 15) is 20.4 Å². The van der Waals surface area contributed by atoms with Gasteiger partial charge in [0.15, 0.2) is 11.5 Å². The largest absolute Gasteiger partial charge is 0.508 e. The second-order valence-electron chi connectivity index (χ2n) is 7.19. The first-order valence-corrected chi connectivity index (χ1v) is 9.02. The van der Waals surface area contributed by atoms with E-state index in [1.165, 1.54) is 18.9 Å². The SMILES string of the molecule is CCCC1CCC(c2ccc(O)cc2)(c2ccc(O)c(O)c2O)CC1. The van der Waals surface area contributed by atoms with Crippen molar-refractivity contribution in [3.8, 4) is 23.0 Å². The third kappa shape index (κ3) is 3.13.